The lowest BCUT2D eigenvalue weighted by Gasteiger charge is -2.28. The molecular formula is C13H17N3O4. The zero-order chi connectivity index (χ0) is 14.5. The van der Waals surface area contributed by atoms with Crippen LogP contribution in [0.4, 0.5) is 16.2 Å². The van der Waals surface area contributed by atoms with E-state index >= 15 is 0 Å². The van der Waals surface area contributed by atoms with Crippen LogP contribution in [0.2, 0.25) is 0 Å². The van der Waals surface area contributed by atoms with E-state index in [1.54, 1.807) is 0 Å². The second-order valence-electron chi connectivity index (χ2n) is 4.86. The summed E-state index contributed by atoms with van der Waals surface area (Å²) in [4.78, 5) is 21.8. The van der Waals surface area contributed by atoms with Gasteiger partial charge in [-0.15, -0.1) is 0 Å². The molecule has 1 saturated carbocycles. The third kappa shape index (κ3) is 3.67. The number of anilines is 1. The third-order valence-corrected chi connectivity index (χ3v) is 3.38. The minimum atomic E-state index is -0.508. The highest BCUT2D eigenvalue weighted by atomic mass is 16.6. The molecule has 0 spiro atoms. The van der Waals surface area contributed by atoms with E-state index in [9.17, 15) is 20.0 Å². The van der Waals surface area contributed by atoms with Gasteiger partial charge >= 0.3 is 6.03 Å². The van der Waals surface area contributed by atoms with Crippen LogP contribution in [0.3, 0.4) is 0 Å². The van der Waals surface area contributed by atoms with Crippen LogP contribution in [-0.2, 0) is 0 Å². The number of urea groups is 1. The molecule has 0 radical (unpaired) electrons. The molecule has 7 nitrogen and oxygen atoms in total. The van der Waals surface area contributed by atoms with Crippen LogP contribution in [0.5, 0.6) is 0 Å². The van der Waals surface area contributed by atoms with Gasteiger partial charge in [-0.1, -0.05) is 12.8 Å². The third-order valence-electron chi connectivity index (χ3n) is 3.38. The number of nitro benzene ring substituents is 1. The Hall–Kier alpha value is -2.15. The number of nitrogens with one attached hydrogen (secondary N) is 2. The quantitative estimate of drug-likeness (QED) is 0.581. The van der Waals surface area contributed by atoms with E-state index in [4.69, 9.17) is 0 Å². The molecule has 7 heteroatoms. The Balaban J connectivity index is 1.89. The highest BCUT2D eigenvalue weighted by molar-refractivity contribution is 5.89. The van der Waals surface area contributed by atoms with Gasteiger partial charge in [-0.3, -0.25) is 10.1 Å². The van der Waals surface area contributed by atoms with E-state index in [1.165, 1.54) is 24.3 Å². The average molecular weight is 279 g/mol. The monoisotopic (exact) mass is 279 g/mol. The summed E-state index contributed by atoms with van der Waals surface area (Å²) in [5.74, 6) is 0. The summed E-state index contributed by atoms with van der Waals surface area (Å²) < 4.78 is 0. The van der Waals surface area contributed by atoms with Crippen LogP contribution >= 0.6 is 0 Å². The fraction of sp³-hybridized carbons (Fsp3) is 0.462. The molecule has 1 aromatic carbocycles. The second-order valence-corrected chi connectivity index (χ2v) is 4.86. The Morgan fingerprint density at radius 3 is 2.50 bits per heavy atom. The Morgan fingerprint density at radius 2 is 1.90 bits per heavy atom. The molecule has 0 bridgehead atoms. The molecule has 2 atom stereocenters. The lowest BCUT2D eigenvalue weighted by atomic mass is 9.93. The minimum Gasteiger partial charge on any atom is -0.391 e. The van der Waals surface area contributed by atoms with Crippen molar-refractivity contribution in [3.8, 4) is 0 Å². The molecule has 2 amide bonds. The molecule has 1 aromatic rings. The fourth-order valence-electron chi connectivity index (χ4n) is 2.28. The topological polar surface area (TPSA) is 104 Å². The van der Waals surface area contributed by atoms with E-state index in [1.807, 2.05) is 0 Å². The summed E-state index contributed by atoms with van der Waals surface area (Å²) in [5, 5.41) is 25.6. The highest BCUT2D eigenvalue weighted by Gasteiger charge is 2.24. The van der Waals surface area contributed by atoms with Crippen molar-refractivity contribution >= 4 is 17.4 Å². The highest BCUT2D eigenvalue weighted by Crippen LogP contribution is 2.19. The molecule has 1 aliphatic rings. The average Bonchev–Trinajstić information content (AvgIpc) is 2.42. The molecule has 0 saturated heterocycles. The number of carbonyl (C=O) groups excluding carboxylic acids is 1. The van der Waals surface area contributed by atoms with Crippen molar-refractivity contribution in [3.63, 3.8) is 0 Å². The van der Waals surface area contributed by atoms with Gasteiger partial charge in [0.2, 0.25) is 0 Å². The maximum atomic E-state index is 11.8. The van der Waals surface area contributed by atoms with Crippen molar-refractivity contribution in [1.29, 1.82) is 0 Å². The van der Waals surface area contributed by atoms with Gasteiger partial charge in [-0.05, 0) is 25.0 Å². The van der Waals surface area contributed by atoms with Crippen LogP contribution < -0.4 is 10.6 Å². The molecule has 2 rings (SSSR count). The Morgan fingerprint density at radius 1 is 1.25 bits per heavy atom. The van der Waals surface area contributed by atoms with Gasteiger partial charge in [0.25, 0.3) is 5.69 Å². The van der Waals surface area contributed by atoms with E-state index in [0.717, 1.165) is 19.3 Å². The van der Waals surface area contributed by atoms with Gasteiger partial charge in [0, 0.05) is 17.8 Å². The van der Waals surface area contributed by atoms with Crippen molar-refractivity contribution < 1.29 is 14.8 Å². The van der Waals surface area contributed by atoms with Gasteiger partial charge in [-0.25, -0.2) is 4.79 Å². The first-order valence-electron chi connectivity index (χ1n) is 6.56. The number of carbonyl (C=O) groups is 1. The summed E-state index contributed by atoms with van der Waals surface area (Å²) in [6, 6.07) is 4.94. The molecule has 20 heavy (non-hydrogen) atoms. The predicted molar refractivity (Wildman–Crippen MR) is 73.5 cm³/mol. The standard InChI is InChI=1S/C13H17N3O4/c17-12-4-2-1-3-11(12)15-13(18)14-9-5-7-10(8-6-9)16(19)20/h5-8,11-12,17H,1-4H2,(H2,14,15,18)/t11-,12-/m0/s1. The second kappa shape index (κ2) is 6.33. The number of benzene rings is 1. The van der Waals surface area contributed by atoms with Crippen molar-refractivity contribution in [1.82, 2.24) is 5.32 Å². The first kappa shape index (κ1) is 14.3. The number of aliphatic hydroxyl groups is 1. The molecule has 0 aromatic heterocycles. The smallest absolute Gasteiger partial charge is 0.319 e. The Kier molecular flexibility index (Phi) is 4.52. The van der Waals surface area contributed by atoms with Crippen molar-refractivity contribution in [3.05, 3.63) is 34.4 Å². The Labute approximate surface area is 116 Å². The zero-order valence-corrected chi connectivity index (χ0v) is 10.9. The van der Waals surface area contributed by atoms with Crippen molar-refractivity contribution in [2.75, 3.05) is 5.32 Å². The van der Waals surface area contributed by atoms with Gasteiger partial charge in [0.1, 0.15) is 0 Å². The lowest BCUT2D eigenvalue weighted by molar-refractivity contribution is -0.384. The molecule has 1 fully saturated rings. The normalized spacial score (nSPS) is 22.1. The SMILES string of the molecule is O=C(Nc1ccc([N+](=O)[O-])cc1)N[C@H]1CCCC[C@@H]1O. The maximum absolute atomic E-state index is 11.8. The minimum absolute atomic E-state index is 0.0290. The molecule has 3 N–H and O–H groups in total. The fourth-order valence-corrected chi connectivity index (χ4v) is 2.28. The molecular weight excluding hydrogens is 262 g/mol. The number of nitrogens with zero attached hydrogens (tertiary/aromatic N) is 1. The summed E-state index contributed by atoms with van der Waals surface area (Å²) >= 11 is 0. The molecule has 0 aliphatic heterocycles. The van der Waals surface area contributed by atoms with E-state index < -0.39 is 17.1 Å². The van der Waals surface area contributed by atoms with E-state index in [0.29, 0.717) is 12.1 Å². The van der Waals surface area contributed by atoms with Gasteiger partial charge < -0.3 is 15.7 Å². The number of hydrogen-bond acceptors (Lipinski definition) is 4. The first-order valence-corrected chi connectivity index (χ1v) is 6.56. The van der Waals surface area contributed by atoms with Crippen LogP contribution in [0, 0.1) is 10.1 Å². The van der Waals surface area contributed by atoms with Crippen LogP contribution in [-0.4, -0.2) is 28.2 Å². The number of rotatable bonds is 3. The number of hydrogen-bond donors (Lipinski definition) is 3. The van der Waals surface area contributed by atoms with E-state index in [-0.39, 0.29) is 11.7 Å². The summed E-state index contributed by atoms with van der Waals surface area (Å²) in [6.07, 6.45) is 2.91. The van der Waals surface area contributed by atoms with Crippen LogP contribution in [0.25, 0.3) is 0 Å². The van der Waals surface area contributed by atoms with Crippen molar-refractivity contribution in [2.24, 2.45) is 0 Å². The first-order chi connectivity index (χ1) is 9.56. The summed E-state index contributed by atoms with van der Waals surface area (Å²) in [6.45, 7) is 0. The van der Waals surface area contributed by atoms with Gasteiger partial charge in [-0.2, -0.15) is 0 Å². The predicted octanol–water partition coefficient (Wildman–Crippen LogP) is 2.02. The largest absolute Gasteiger partial charge is 0.391 e. The molecule has 108 valence electrons. The lowest BCUT2D eigenvalue weighted by Crippen LogP contribution is -2.46. The Bertz CT molecular complexity index is 489. The zero-order valence-electron chi connectivity index (χ0n) is 10.9. The number of aliphatic hydroxyl groups excluding tert-OH is 1. The summed E-state index contributed by atoms with van der Waals surface area (Å²) in [7, 11) is 0. The summed E-state index contributed by atoms with van der Waals surface area (Å²) in [5.41, 5.74) is 0.442. The van der Waals surface area contributed by atoms with Crippen LogP contribution in [0.1, 0.15) is 25.7 Å². The van der Waals surface area contributed by atoms with Crippen molar-refractivity contribution in [2.45, 2.75) is 37.8 Å². The van der Waals surface area contributed by atoms with E-state index in [2.05, 4.69) is 10.6 Å². The molecule has 0 unspecified atom stereocenters. The number of non-ortho nitro benzene ring substituents is 1. The van der Waals surface area contributed by atoms with Gasteiger partial charge in [0.15, 0.2) is 0 Å². The molecule has 1 aliphatic carbocycles. The van der Waals surface area contributed by atoms with Crippen LogP contribution in [0.15, 0.2) is 24.3 Å². The number of amides is 2. The maximum Gasteiger partial charge on any atom is 0.319 e. The number of nitro groups is 1. The van der Waals surface area contributed by atoms with Gasteiger partial charge in [0.05, 0.1) is 17.1 Å². The molecule has 0 heterocycles.